The number of carbonyl (C=O) groups excluding carboxylic acids is 1. The van der Waals surface area contributed by atoms with Crippen LogP contribution in [0.15, 0.2) is 22.7 Å². The standard InChI is InChI=1S/C12H13BrFNO2/c1-12(2)11(15-10(16)6-17-12)8-5-7(13)3-4-9(8)14/h3-5,11H,6H2,1-2H3,(H,15,16). The molecule has 1 fully saturated rings. The van der Waals surface area contributed by atoms with Gasteiger partial charge in [-0.1, -0.05) is 15.9 Å². The Morgan fingerprint density at radius 1 is 1.53 bits per heavy atom. The van der Waals surface area contributed by atoms with Crippen molar-refractivity contribution in [2.45, 2.75) is 25.5 Å². The average molecular weight is 302 g/mol. The van der Waals surface area contributed by atoms with Crippen LogP contribution < -0.4 is 5.32 Å². The van der Waals surface area contributed by atoms with Gasteiger partial charge >= 0.3 is 0 Å². The smallest absolute Gasteiger partial charge is 0.246 e. The molecule has 2 rings (SSSR count). The van der Waals surface area contributed by atoms with E-state index in [0.717, 1.165) is 4.47 Å². The van der Waals surface area contributed by atoms with Crippen molar-refractivity contribution in [3.8, 4) is 0 Å². The van der Waals surface area contributed by atoms with Crippen molar-refractivity contribution in [2.75, 3.05) is 6.61 Å². The second kappa shape index (κ2) is 4.38. The first-order valence-corrected chi connectivity index (χ1v) is 6.08. The van der Waals surface area contributed by atoms with Crippen LogP contribution >= 0.6 is 15.9 Å². The quantitative estimate of drug-likeness (QED) is 0.866. The Hall–Kier alpha value is -0.940. The highest BCUT2D eigenvalue weighted by Crippen LogP contribution is 2.34. The lowest BCUT2D eigenvalue weighted by atomic mass is 9.90. The number of halogens is 2. The highest BCUT2D eigenvalue weighted by Gasteiger charge is 2.38. The fourth-order valence-corrected chi connectivity index (χ4v) is 2.28. The van der Waals surface area contributed by atoms with E-state index in [-0.39, 0.29) is 18.3 Å². The third kappa shape index (κ3) is 2.50. The molecule has 1 aromatic rings. The number of carbonyl (C=O) groups is 1. The Morgan fingerprint density at radius 2 is 2.24 bits per heavy atom. The summed E-state index contributed by atoms with van der Waals surface area (Å²) in [6.45, 7) is 3.67. The largest absolute Gasteiger partial charge is 0.363 e. The summed E-state index contributed by atoms with van der Waals surface area (Å²) in [5.41, 5.74) is -0.201. The zero-order chi connectivity index (χ0) is 12.6. The number of hydrogen-bond acceptors (Lipinski definition) is 2. The van der Waals surface area contributed by atoms with Crippen LogP contribution in [0, 0.1) is 5.82 Å². The summed E-state index contributed by atoms with van der Waals surface area (Å²) in [6.07, 6.45) is 0. The highest BCUT2D eigenvalue weighted by molar-refractivity contribution is 9.10. The van der Waals surface area contributed by atoms with Gasteiger partial charge in [0.2, 0.25) is 5.91 Å². The number of amides is 1. The Labute approximate surface area is 107 Å². The van der Waals surface area contributed by atoms with E-state index in [4.69, 9.17) is 4.74 Å². The fraction of sp³-hybridized carbons (Fsp3) is 0.417. The van der Waals surface area contributed by atoms with Gasteiger partial charge < -0.3 is 10.1 Å². The summed E-state index contributed by atoms with van der Waals surface area (Å²) in [4.78, 5) is 11.4. The third-order valence-corrected chi connectivity index (χ3v) is 3.34. The van der Waals surface area contributed by atoms with Gasteiger partial charge in [0.25, 0.3) is 0 Å². The average Bonchev–Trinajstić information content (AvgIpc) is 2.26. The van der Waals surface area contributed by atoms with Crippen LogP contribution in [0.4, 0.5) is 4.39 Å². The zero-order valence-electron chi connectivity index (χ0n) is 9.59. The minimum atomic E-state index is -0.629. The SMILES string of the molecule is CC1(C)OCC(=O)NC1c1cc(Br)ccc1F. The van der Waals surface area contributed by atoms with Gasteiger partial charge in [0, 0.05) is 10.0 Å². The molecule has 1 aromatic carbocycles. The van der Waals surface area contributed by atoms with E-state index in [1.54, 1.807) is 12.1 Å². The fourth-order valence-electron chi connectivity index (χ4n) is 1.90. The molecule has 0 aromatic heterocycles. The van der Waals surface area contributed by atoms with Crippen molar-refractivity contribution in [3.05, 3.63) is 34.1 Å². The first kappa shape index (κ1) is 12.5. The van der Waals surface area contributed by atoms with E-state index >= 15 is 0 Å². The van der Waals surface area contributed by atoms with Crippen molar-refractivity contribution in [3.63, 3.8) is 0 Å². The molecule has 17 heavy (non-hydrogen) atoms. The van der Waals surface area contributed by atoms with Crippen LogP contribution in [-0.4, -0.2) is 18.1 Å². The van der Waals surface area contributed by atoms with Gasteiger partial charge in [-0.05, 0) is 32.0 Å². The first-order valence-electron chi connectivity index (χ1n) is 5.28. The maximum Gasteiger partial charge on any atom is 0.246 e. The summed E-state index contributed by atoms with van der Waals surface area (Å²) in [5.74, 6) is -0.578. The third-order valence-electron chi connectivity index (χ3n) is 2.84. The summed E-state index contributed by atoms with van der Waals surface area (Å²) < 4.78 is 20.0. The number of morpholine rings is 1. The van der Waals surface area contributed by atoms with Crippen molar-refractivity contribution in [1.29, 1.82) is 0 Å². The van der Waals surface area contributed by atoms with Crippen molar-refractivity contribution in [1.82, 2.24) is 5.32 Å². The van der Waals surface area contributed by atoms with E-state index in [0.29, 0.717) is 5.56 Å². The first-order chi connectivity index (χ1) is 7.90. The van der Waals surface area contributed by atoms with Gasteiger partial charge in [-0.2, -0.15) is 0 Å². The molecule has 1 unspecified atom stereocenters. The minimum Gasteiger partial charge on any atom is -0.363 e. The van der Waals surface area contributed by atoms with E-state index in [9.17, 15) is 9.18 Å². The van der Waals surface area contributed by atoms with Crippen LogP contribution in [0.3, 0.4) is 0 Å². The monoisotopic (exact) mass is 301 g/mol. The van der Waals surface area contributed by atoms with Crippen LogP contribution in [0.2, 0.25) is 0 Å². The highest BCUT2D eigenvalue weighted by atomic mass is 79.9. The molecule has 1 atom stereocenters. The zero-order valence-corrected chi connectivity index (χ0v) is 11.2. The van der Waals surface area contributed by atoms with Crippen LogP contribution in [0.25, 0.3) is 0 Å². The normalized spacial score (nSPS) is 23.3. The molecule has 0 aliphatic carbocycles. The second-order valence-electron chi connectivity index (χ2n) is 4.56. The molecule has 1 amide bonds. The van der Waals surface area contributed by atoms with Crippen molar-refractivity contribution in [2.24, 2.45) is 0 Å². The molecule has 5 heteroatoms. The topological polar surface area (TPSA) is 38.3 Å². The lowest BCUT2D eigenvalue weighted by Gasteiger charge is -2.39. The summed E-state index contributed by atoms with van der Waals surface area (Å²) in [6, 6.07) is 4.17. The minimum absolute atomic E-state index is 0.0130. The molecule has 1 heterocycles. The molecular weight excluding hydrogens is 289 g/mol. The van der Waals surface area contributed by atoms with Gasteiger partial charge in [0.15, 0.2) is 0 Å². The van der Waals surface area contributed by atoms with Crippen molar-refractivity contribution < 1.29 is 13.9 Å². The molecular formula is C12H13BrFNO2. The lowest BCUT2D eigenvalue weighted by Crippen LogP contribution is -2.51. The van der Waals surface area contributed by atoms with Gasteiger partial charge in [0.1, 0.15) is 12.4 Å². The Bertz CT molecular complexity index is 462. The van der Waals surface area contributed by atoms with E-state index < -0.39 is 11.6 Å². The lowest BCUT2D eigenvalue weighted by molar-refractivity contribution is -0.147. The van der Waals surface area contributed by atoms with Crippen molar-refractivity contribution >= 4 is 21.8 Å². The van der Waals surface area contributed by atoms with Gasteiger partial charge in [-0.15, -0.1) is 0 Å². The van der Waals surface area contributed by atoms with Crippen LogP contribution in [0.1, 0.15) is 25.5 Å². The summed E-state index contributed by atoms with van der Waals surface area (Å²) in [5, 5.41) is 2.77. The van der Waals surface area contributed by atoms with Gasteiger partial charge in [-0.25, -0.2) is 4.39 Å². The number of benzene rings is 1. The van der Waals surface area contributed by atoms with E-state index in [1.165, 1.54) is 6.07 Å². The molecule has 1 aliphatic rings. The Kier molecular flexibility index (Phi) is 3.23. The molecule has 3 nitrogen and oxygen atoms in total. The molecule has 0 spiro atoms. The predicted octanol–water partition coefficient (Wildman–Crippen LogP) is 2.55. The molecule has 0 bridgehead atoms. The molecule has 0 radical (unpaired) electrons. The number of nitrogens with one attached hydrogen (secondary N) is 1. The predicted molar refractivity (Wildman–Crippen MR) is 65.0 cm³/mol. The maximum atomic E-state index is 13.8. The summed E-state index contributed by atoms with van der Waals surface area (Å²) in [7, 11) is 0. The maximum absolute atomic E-state index is 13.8. The second-order valence-corrected chi connectivity index (χ2v) is 5.47. The van der Waals surface area contributed by atoms with Crippen LogP contribution in [-0.2, 0) is 9.53 Å². The Morgan fingerprint density at radius 3 is 2.94 bits per heavy atom. The van der Waals surface area contributed by atoms with Gasteiger partial charge in [-0.3, -0.25) is 4.79 Å². The molecule has 1 N–H and O–H groups in total. The van der Waals surface area contributed by atoms with E-state index in [1.807, 2.05) is 13.8 Å². The summed E-state index contributed by atoms with van der Waals surface area (Å²) >= 11 is 3.30. The molecule has 1 saturated heterocycles. The van der Waals surface area contributed by atoms with Crippen LogP contribution in [0.5, 0.6) is 0 Å². The Balaban J connectivity index is 2.42. The number of ether oxygens (including phenoxy) is 1. The number of hydrogen-bond donors (Lipinski definition) is 1. The van der Waals surface area contributed by atoms with E-state index in [2.05, 4.69) is 21.2 Å². The molecule has 1 aliphatic heterocycles. The number of rotatable bonds is 1. The molecule has 0 saturated carbocycles. The molecule has 92 valence electrons. The van der Waals surface area contributed by atoms with Gasteiger partial charge in [0.05, 0.1) is 11.6 Å².